The Morgan fingerprint density at radius 3 is 2.46 bits per heavy atom. The number of ether oxygens (including phenoxy) is 1. The van der Waals surface area contributed by atoms with Gasteiger partial charge in [-0.3, -0.25) is 9.36 Å². The first-order chi connectivity index (χ1) is 11.3. The van der Waals surface area contributed by atoms with Crippen LogP contribution in [0.5, 0.6) is 5.75 Å². The topological polar surface area (TPSA) is 61.7 Å². The van der Waals surface area contributed by atoms with Crippen LogP contribution in [0.1, 0.15) is 27.2 Å². The summed E-state index contributed by atoms with van der Waals surface area (Å²) in [5, 5.41) is 0. The Morgan fingerprint density at radius 2 is 1.92 bits per heavy atom. The van der Waals surface area contributed by atoms with Crippen molar-refractivity contribution < 1.29 is 14.4 Å². The largest absolute Gasteiger partial charge is 0.497 e. The van der Waals surface area contributed by atoms with E-state index in [4.69, 9.17) is 22.7 Å². The molecule has 2 aromatic rings. The summed E-state index contributed by atoms with van der Waals surface area (Å²) in [6, 6.07) is 9.97. The maximum Gasteiger partial charge on any atom is 0.251 e. The molecule has 0 saturated carbocycles. The maximum absolute atomic E-state index is 11.7. The summed E-state index contributed by atoms with van der Waals surface area (Å²) < 4.78 is 7.66. The number of nitrogens with one attached hydrogen (secondary N) is 1. The standard InChI is InChI=1S/C18H23N3O2S/c1-12-9-13(2)21(18(24)16(12)17(19)22)11-20(3)10-14-5-7-15(23-4)8-6-14/h5-9H,10-11H2,1-4H3,(H2,19,22)/p+1. The molecule has 24 heavy (non-hydrogen) atoms. The number of pyridine rings is 1. The molecular weight excluding hydrogens is 322 g/mol. The number of amides is 1. The van der Waals surface area contributed by atoms with Gasteiger partial charge in [0.05, 0.1) is 19.7 Å². The molecule has 3 N–H and O–H groups in total. The second-order valence-electron chi connectivity index (χ2n) is 6.08. The number of methoxy groups -OCH3 is 1. The summed E-state index contributed by atoms with van der Waals surface area (Å²) in [6.45, 7) is 5.36. The van der Waals surface area contributed by atoms with Crippen molar-refractivity contribution in [1.82, 2.24) is 4.57 Å². The Morgan fingerprint density at radius 1 is 1.29 bits per heavy atom. The van der Waals surface area contributed by atoms with Crippen LogP contribution in [-0.2, 0) is 13.2 Å². The Labute approximate surface area is 147 Å². The predicted octanol–water partition coefficient (Wildman–Crippen LogP) is 1.61. The van der Waals surface area contributed by atoms with Gasteiger partial charge in [-0.05, 0) is 49.7 Å². The van der Waals surface area contributed by atoms with Crippen molar-refractivity contribution in [3.8, 4) is 5.75 Å². The van der Waals surface area contributed by atoms with Gasteiger partial charge in [-0.2, -0.15) is 0 Å². The van der Waals surface area contributed by atoms with Gasteiger partial charge in [0.15, 0.2) is 6.67 Å². The molecule has 0 radical (unpaired) electrons. The third-order valence-corrected chi connectivity index (χ3v) is 4.47. The van der Waals surface area contributed by atoms with Gasteiger partial charge in [0, 0.05) is 11.3 Å². The number of nitrogens with two attached hydrogens (primary N) is 1. The fourth-order valence-corrected chi connectivity index (χ4v) is 3.31. The molecule has 1 atom stereocenters. The molecule has 5 nitrogen and oxygen atoms in total. The second-order valence-corrected chi connectivity index (χ2v) is 6.47. The molecule has 0 fully saturated rings. The van der Waals surface area contributed by atoms with Gasteiger partial charge in [0.1, 0.15) is 16.9 Å². The number of quaternary nitrogens is 1. The van der Waals surface area contributed by atoms with Crippen molar-refractivity contribution in [3.05, 3.63) is 57.4 Å². The first-order valence-corrected chi connectivity index (χ1v) is 8.19. The molecule has 1 aromatic carbocycles. The number of carbonyl (C=O) groups excluding carboxylic acids is 1. The van der Waals surface area contributed by atoms with Crippen LogP contribution < -0.4 is 15.4 Å². The van der Waals surface area contributed by atoms with Gasteiger partial charge in [-0.15, -0.1) is 0 Å². The second kappa shape index (κ2) is 7.59. The fraction of sp³-hybridized carbons (Fsp3) is 0.333. The number of benzene rings is 1. The third kappa shape index (κ3) is 4.01. The number of carbonyl (C=O) groups is 1. The molecule has 0 aliphatic heterocycles. The molecule has 0 aliphatic carbocycles. The highest BCUT2D eigenvalue weighted by Crippen LogP contribution is 2.13. The molecule has 0 saturated heterocycles. The Bertz CT molecular complexity index is 797. The van der Waals surface area contributed by atoms with Gasteiger partial charge in [0.25, 0.3) is 5.91 Å². The molecule has 0 bridgehead atoms. The molecule has 1 aromatic heterocycles. The number of aryl methyl sites for hydroxylation is 2. The van der Waals surface area contributed by atoms with Gasteiger partial charge >= 0.3 is 0 Å². The first kappa shape index (κ1) is 18.2. The third-order valence-electron chi connectivity index (χ3n) is 4.04. The van der Waals surface area contributed by atoms with Crippen molar-refractivity contribution >= 4 is 18.1 Å². The lowest BCUT2D eigenvalue weighted by Gasteiger charge is -2.20. The van der Waals surface area contributed by atoms with Crippen molar-refractivity contribution in [1.29, 1.82) is 0 Å². The van der Waals surface area contributed by atoms with Crippen LogP contribution in [0.15, 0.2) is 30.3 Å². The van der Waals surface area contributed by atoms with Crippen molar-refractivity contribution in [2.45, 2.75) is 27.1 Å². The van der Waals surface area contributed by atoms with Crippen LogP contribution in [-0.4, -0.2) is 24.6 Å². The van der Waals surface area contributed by atoms with Crippen LogP contribution >= 0.6 is 12.2 Å². The molecule has 128 valence electrons. The predicted molar refractivity (Wildman–Crippen MR) is 96.8 cm³/mol. The summed E-state index contributed by atoms with van der Waals surface area (Å²) in [5.74, 6) is 0.373. The van der Waals surface area contributed by atoms with Gasteiger partial charge in [-0.1, -0.05) is 12.2 Å². The average molecular weight is 346 g/mol. The molecule has 1 heterocycles. The number of nitrogens with zero attached hydrogens (tertiary/aromatic N) is 1. The van der Waals surface area contributed by atoms with E-state index in [9.17, 15) is 4.79 Å². The van der Waals surface area contributed by atoms with Crippen molar-refractivity contribution in [2.75, 3.05) is 14.2 Å². The Hall–Kier alpha value is -2.18. The minimum atomic E-state index is -0.473. The smallest absolute Gasteiger partial charge is 0.251 e. The normalized spacial score (nSPS) is 12.0. The molecule has 6 heteroatoms. The van der Waals surface area contributed by atoms with Gasteiger partial charge in [-0.25, -0.2) is 0 Å². The van der Waals surface area contributed by atoms with Gasteiger partial charge in [0.2, 0.25) is 0 Å². The minimum absolute atomic E-state index is 0.438. The maximum atomic E-state index is 11.7. The average Bonchev–Trinajstić information content (AvgIpc) is 2.51. The fourth-order valence-electron chi connectivity index (χ4n) is 2.84. The molecule has 0 aliphatic rings. The zero-order valence-electron chi connectivity index (χ0n) is 14.6. The van der Waals surface area contributed by atoms with Crippen LogP contribution in [0.2, 0.25) is 0 Å². The zero-order chi connectivity index (χ0) is 17.9. The number of primary amides is 1. The molecular formula is C18H24N3O2S+. The molecule has 0 spiro atoms. The lowest BCUT2D eigenvalue weighted by atomic mass is 10.1. The summed E-state index contributed by atoms with van der Waals surface area (Å²) in [7, 11) is 3.75. The van der Waals surface area contributed by atoms with Gasteiger partial charge < -0.3 is 15.4 Å². The SMILES string of the molecule is COc1ccc(C[NH+](C)Cn2c(C)cc(C)c(C(N)=O)c2=S)cc1. The monoisotopic (exact) mass is 346 g/mol. The van der Waals surface area contributed by atoms with Crippen LogP contribution in [0.4, 0.5) is 0 Å². The summed E-state index contributed by atoms with van der Waals surface area (Å²) >= 11 is 5.49. The zero-order valence-corrected chi connectivity index (χ0v) is 15.4. The van der Waals surface area contributed by atoms with Crippen molar-refractivity contribution in [2.24, 2.45) is 5.73 Å². The summed E-state index contributed by atoms with van der Waals surface area (Å²) in [5.41, 5.74) is 8.98. The molecule has 2 rings (SSSR count). The number of hydrogen-bond donors (Lipinski definition) is 2. The van der Waals surface area contributed by atoms with Crippen LogP contribution in [0.3, 0.4) is 0 Å². The highest BCUT2D eigenvalue weighted by atomic mass is 32.1. The van der Waals surface area contributed by atoms with Crippen LogP contribution in [0.25, 0.3) is 0 Å². The molecule has 1 unspecified atom stereocenters. The van der Waals surface area contributed by atoms with E-state index in [-0.39, 0.29) is 0 Å². The van der Waals surface area contributed by atoms with E-state index in [0.29, 0.717) is 16.9 Å². The highest BCUT2D eigenvalue weighted by Gasteiger charge is 2.14. The summed E-state index contributed by atoms with van der Waals surface area (Å²) in [4.78, 5) is 12.9. The Kier molecular flexibility index (Phi) is 5.75. The van der Waals surface area contributed by atoms with Crippen LogP contribution in [0, 0.1) is 18.5 Å². The van der Waals surface area contributed by atoms with E-state index >= 15 is 0 Å². The lowest BCUT2D eigenvalue weighted by Crippen LogP contribution is -3.07. The Balaban J connectivity index is 2.22. The lowest BCUT2D eigenvalue weighted by molar-refractivity contribution is -0.917. The highest BCUT2D eigenvalue weighted by molar-refractivity contribution is 7.71. The first-order valence-electron chi connectivity index (χ1n) is 7.78. The number of rotatable bonds is 6. The van der Waals surface area contributed by atoms with Crippen molar-refractivity contribution in [3.63, 3.8) is 0 Å². The van der Waals surface area contributed by atoms with E-state index in [1.807, 2.05) is 36.6 Å². The minimum Gasteiger partial charge on any atom is -0.497 e. The molecule has 1 amide bonds. The van der Waals surface area contributed by atoms with E-state index in [0.717, 1.165) is 23.6 Å². The van der Waals surface area contributed by atoms with E-state index in [1.54, 1.807) is 7.11 Å². The summed E-state index contributed by atoms with van der Waals surface area (Å²) in [6.07, 6.45) is 0. The quantitative estimate of drug-likeness (QED) is 0.781. The number of aromatic nitrogens is 1. The van der Waals surface area contributed by atoms with E-state index < -0.39 is 5.91 Å². The van der Waals surface area contributed by atoms with E-state index in [2.05, 4.69) is 19.2 Å². The number of hydrogen-bond acceptors (Lipinski definition) is 3. The van der Waals surface area contributed by atoms with E-state index in [1.165, 1.54) is 10.5 Å².